The summed E-state index contributed by atoms with van der Waals surface area (Å²) in [6.45, 7) is 11.5. The fraction of sp³-hybridized carbons (Fsp3) is 0.959. The summed E-state index contributed by atoms with van der Waals surface area (Å²) >= 11 is 0. The number of hydrogen-bond acceptors (Lipinski definition) is 6. The first kappa shape index (κ1) is 78.4. The van der Waals surface area contributed by atoms with E-state index < -0.39 is 6.10 Å². The van der Waals surface area contributed by atoms with Gasteiger partial charge in [0.1, 0.15) is 13.2 Å². The van der Waals surface area contributed by atoms with Crippen LogP contribution in [0, 0.1) is 11.8 Å². The lowest BCUT2D eigenvalue weighted by atomic mass is 9.99. The smallest absolute Gasteiger partial charge is 0.306 e. The van der Waals surface area contributed by atoms with Crippen molar-refractivity contribution in [1.82, 2.24) is 0 Å². The molecule has 0 rings (SSSR count). The van der Waals surface area contributed by atoms with Crippen LogP contribution in [0.2, 0.25) is 0 Å². The van der Waals surface area contributed by atoms with Gasteiger partial charge in [0.05, 0.1) is 0 Å². The lowest BCUT2D eigenvalue weighted by Crippen LogP contribution is -2.30. The molecule has 476 valence electrons. The highest BCUT2D eigenvalue weighted by Gasteiger charge is 2.20. The van der Waals surface area contributed by atoms with Crippen LogP contribution in [0.3, 0.4) is 0 Å². The third kappa shape index (κ3) is 65.6. The molecule has 6 nitrogen and oxygen atoms in total. The van der Waals surface area contributed by atoms with Crippen molar-refractivity contribution in [3.05, 3.63) is 0 Å². The Bertz CT molecular complexity index is 1230. The zero-order valence-electron chi connectivity index (χ0n) is 55.2. The Balaban J connectivity index is 4.27. The van der Waals surface area contributed by atoms with Gasteiger partial charge in [-0.2, -0.15) is 0 Å². The first-order chi connectivity index (χ1) is 39.3. The minimum atomic E-state index is -0.765. The Hall–Kier alpha value is -1.59. The lowest BCUT2D eigenvalue weighted by Gasteiger charge is -2.18. The van der Waals surface area contributed by atoms with Crippen LogP contribution in [-0.4, -0.2) is 37.2 Å². The molecule has 0 amide bonds. The SMILES string of the molecule is CCCCCCCCCCCCCCCCCCCCCC(=O)O[C@H](COC(=O)CCCCCCCCCCCCCCCCCCCCC(C)C)COC(=O)CCCCCCCCCCCCCCCCCCCCC(C)CC. The van der Waals surface area contributed by atoms with Crippen LogP contribution in [0.4, 0.5) is 0 Å². The maximum absolute atomic E-state index is 13.0. The summed E-state index contributed by atoms with van der Waals surface area (Å²) < 4.78 is 17.1. The molecule has 0 saturated carbocycles. The van der Waals surface area contributed by atoms with Gasteiger partial charge in [-0.3, -0.25) is 14.4 Å². The molecule has 0 bridgehead atoms. The Kier molecular flexibility index (Phi) is 65.2. The molecule has 0 aliphatic carbocycles. The van der Waals surface area contributed by atoms with Crippen molar-refractivity contribution in [2.24, 2.45) is 11.8 Å². The second-order valence-electron chi connectivity index (χ2n) is 26.3. The fourth-order valence-corrected chi connectivity index (χ4v) is 11.7. The molecule has 6 heteroatoms. The summed E-state index contributed by atoms with van der Waals surface area (Å²) in [7, 11) is 0. The molecule has 0 aromatic rings. The number of rotatable bonds is 68. The molecule has 2 atom stereocenters. The van der Waals surface area contributed by atoms with Gasteiger partial charge in [0.15, 0.2) is 6.10 Å². The van der Waals surface area contributed by atoms with Crippen molar-refractivity contribution in [3.8, 4) is 0 Å². The van der Waals surface area contributed by atoms with Crippen molar-refractivity contribution >= 4 is 17.9 Å². The van der Waals surface area contributed by atoms with Crippen molar-refractivity contribution in [2.45, 2.75) is 432 Å². The van der Waals surface area contributed by atoms with E-state index in [-0.39, 0.29) is 31.1 Å². The average Bonchev–Trinajstić information content (AvgIpc) is 3.45. The fourth-order valence-electron chi connectivity index (χ4n) is 11.7. The number of esters is 3. The van der Waals surface area contributed by atoms with E-state index in [1.807, 2.05) is 0 Å². The quantitative estimate of drug-likeness (QED) is 0.0343. The van der Waals surface area contributed by atoms with Crippen molar-refractivity contribution in [1.29, 1.82) is 0 Å². The standard InChI is InChI=1S/C74H144O6/c1-6-8-9-10-11-12-13-14-15-16-17-26-31-36-41-46-51-56-61-66-74(77)80-71(67-78-72(75)64-59-54-49-44-39-34-29-24-20-18-22-27-32-37-42-47-52-57-62-69(3)4)68-79-73(76)65-60-55-50-45-40-35-30-25-21-19-23-28-33-38-43-48-53-58-63-70(5)7-2/h69-71H,6-68H2,1-5H3/t70?,71-/m1/s1. The lowest BCUT2D eigenvalue weighted by molar-refractivity contribution is -0.167. The van der Waals surface area contributed by atoms with Gasteiger partial charge in [0.25, 0.3) is 0 Å². The van der Waals surface area contributed by atoms with E-state index >= 15 is 0 Å². The zero-order chi connectivity index (χ0) is 58.1. The first-order valence-electron chi connectivity index (χ1n) is 36.8. The first-order valence-corrected chi connectivity index (χ1v) is 36.8. The van der Waals surface area contributed by atoms with Gasteiger partial charge in [0.2, 0.25) is 0 Å². The summed E-state index contributed by atoms with van der Waals surface area (Å²) in [6.07, 6.45) is 76.9. The second kappa shape index (κ2) is 66.5. The summed E-state index contributed by atoms with van der Waals surface area (Å²) in [5, 5.41) is 0. The number of unbranched alkanes of at least 4 members (excludes halogenated alkanes) is 52. The van der Waals surface area contributed by atoms with E-state index in [0.717, 1.165) is 69.6 Å². The number of carbonyl (C=O) groups is 3. The predicted molar refractivity (Wildman–Crippen MR) is 349 cm³/mol. The monoisotopic (exact) mass is 1130 g/mol. The summed E-state index contributed by atoms with van der Waals surface area (Å²) in [4.78, 5) is 38.5. The molecule has 0 heterocycles. The second-order valence-corrected chi connectivity index (χ2v) is 26.3. The molecule has 0 aliphatic heterocycles. The molecule has 0 aromatic carbocycles. The molecule has 0 spiro atoms. The Labute approximate surface area is 501 Å². The van der Waals surface area contributed by atoms with E-state index in [0.29, 0.717) is 19.3 Å². The van der Waals surface area contributed by atoms with Gasteiger partial charge in [-0.15, -0.1) is 0 Å². The molecule has 80 heavy (non-hydrogen) atoms. The maximum Gasteiger partial charge on any atom is 0.306 e. The van der Waals surface area contributed by atoms with Gasteiger partial charge in [-0.05, 0) is 31.1 Å². The van der Waals surface area contributed by atoms with Gasteiger partial charge in [0, 0.05) is 19.3 Å². The molecule has 0 radical (unpaired) electrons. The Morgan fingerprint density at radius 2 is 0.475 bits per heavy atom. The van der Waals surface area contributed by atoms with Crippen LogP contribution < -0.4 is 0 Å². The van der Waals surface area contributed by atoms with Gasteiger partial charge in [-0.1, -0.05) is 388 Å². The van der Waals surface area contributed by atoms with Crippen LogP contribution in [0.15, 0.2) is 0 Å². The van der Waals surface area contributed by atoms with E-state index in [1.165, 1.54) is 315 Å². The molecule has 0 saturated heterocycles. The minimum Gasteiger partial charge on any atom is -0.462 e. The molecular formula is C74H144O6. The minimum absolute atomic E-state index is 0.0609. The molecule has 1 unspecified atom stereocenters. The molecular weight excluding hydrogens is 985 g/mol. The highest BCUT2D eigenvalue weighted by molar-refractivity contribution is 5.71. The number of ether oxygens (including phenoxy) is 3. The maximum atomic E-state index is 13.0. The van der Waals surface area contributed by atoms with E-state index in [1.54, 1.807) is 0 Å². The van der Waals surface area contributed by atoms with Gasteiger partial charge in [-0.25, -0.2) is 0 Å². The highest BCUT2D eigenvalue weighted by atomic mass is 16.6. The zero-order valence-corrected chi connectivity index (χ0v) is 55.2. The normalized spacial score (nSPS) is 12.4. The van der Waals surface area contributed by atoms with Crippen molar-refractivity contribution in [3.63, 3.8) is 0 Å². The van der Waals surface area contributed by atoms with Crippen LogP contribution in [-0.2, 0) is 28.6 Å². The molecule has 0 N–H and O–H groups in total. The topological polar surface area (TPSA) is 78.9 Å². The van der Waals surface area contributed by atoms with Crippen LogP contribution in [0.1, 0.15) is 426 Å². The summed E-state index contributed by atoms with van der Waals surface area (Å²) in [6, 6.07) is 0. The molecule has 0 fully saturated rings. The van der Waals surface area contributed by atoms with E-state index in [9.17, 15) is 14.4 Å². The van der Waals surface area contributed by atoms with Crippen molar-refractivity contribution < 1.29 is 28.6 Å². The summed E-state index contributed by atoms with van der Waals surface area (Å²) in [5.74, 6) is 0.949. The third-order valence-electron chi connectivity index (χ3n) is 17.6. The van der Waals surface area contributed by atoms with Crippen LogP contribution in [0.5, 0.6) is 0 Å². The van der Waals surface area contributed by atoms with Crippen molar-refractivity contribution in [2.75, 3.05) is 13.2 Å². The third-order valence-corrected chi connectivity index (χ3v) is 17.6. The van der Waals surface area contributed by atoms with Crippen LogP contribution >= 0.6 is 0 Å². The predicted octanol–water partition coefficient (Wildman–Crippen LogP) is 25.1. The number of carbonyl (C=O) groups excluding carboxylic acids is 3. The van der Waals surface area contributed by atoms with E-state index in [4.69, 9.17) is 14.2 Å². The largest absolute Gasteiger partial charge is 0.462 e. The Morgan fingerprint density at radius 1 is 0.263 bits per heavy atom. The van der Waals surface area contributed by atoms with Crippen LogP contribution in [0.25, 0.3) is 0 Å². The molecule has 0 aromatic heterocycles. The molecule has 0 aliphatic rings. The Morgan fingerprint density at radius 3 is 0.713 bits per heavy atom. The summed E-state index contributed by atoms with van der Waals surface area (Å²) in [5.41, 5.74) is 0. The number of hydrogen-bond donors (Lipinski definition) is 0. The van der Waals surface area contributed by atoms with Gasteiger partial charge < -0.3 is 14.2 Å². The van der Waals surface area contributed by atoms with Gasteiger partial charge >= 0.3 is 17.9 Å². The highest BCUT2D eigenvalue weighted by Crippen LogP contribution is 2.20. The average molecular weight is 1130 g/mol. The van der Waals surface area contributed by atoms with E-state index in [2.05, 4.69) is 34.6 Å².